The molecule has 1 fully saturated rings. The molecule has 3 N–H and O–H groups in total. The number of carbonyl (C=O) groups is 2. The van der Waals surface area contributed by atoms with E-state index >= 15 is 0 Å². The number of ether oxygens (including phenoxy) is 1. The van der Waals surface area contributed by atoms with Gasteiger partial charge in [0, 0.05) is 31.2 Å². The van der Waals surface area contributed by atoms with Crippen molar-refractivity contribution in [2.24, 2.45) is 11.8 Å². The Balaban J connectivity index is 1.49. The van der Waals surface area contributed by atoms with Gasteiger partial charge in [-0.1, -0.05) is 25.3 Å². The molecule has 3 aromatic rings. The lowest BCUT2D eigenvalue weighted by Gasteiger charge is -2.29. The van der Waals surface area contributed by atoms with Crippen molar-refractivity contribution in [2.45, 2.75) is 71.9 Å². The van der Waals surface area contributed by atoms with Crippen LogP contribution >= 0.6 is 0 Å². The van der Waals surface area contributed by atoms with Crippen molar-refractivity contribution in [1.82, 2.24) is 15.3 Å². The van der Waals surface area contributed by atoms with Crippen LogP contribution in [0.3, 0.4) is 0 Å². The lowest BCUT2D eigenvalue weighted by atomic mass is 9.79. The van der Waals surface area contributed by atoms with Crippen molar-refractivity contribution in [2.75, 3.05) is 17.2 Å². The van der Waals surface area contributed by atoms with Gasteiger partial charge in [0.15, 0.2) is 0 Å². The Morgan fingerprint density at radius 2 is 1.92 bits per heavy atom. The number of hydrogen-bond acceptors (Lipinski definition) is 8. The number of aryl methyl sites for hydroxylation is 1. The molecule has 1 aromatic carbocycles. The summed E-state index contributed by atoms with van der Waals surface area (Å²) in [4.78, 5) is 47.0. The maximum atomic E-state index is 13.2. The molecule has 0 bridgehead atoms. The predicted molar refractivity (Wildman–Crippen MR) is 150 cm³/mol. The van der Waals surface area contributed by atoms with Crippen molar-refractivity contribution >= 4 is 34.6 Å². The highest BCUT2D eigenvalue weighted by Gasteiger charge is 2.30. The molecule has 0 saturated heterocycles. The molecule has 2 amide bonds. The van der Waals surface area contributed by atoms with Gasteiger partial charge in [-0.15, -0.1) is 0 Å². The van der Waals surface area contributed by atoms with Gasteiger partial charge >= 0.3 is 11.7 Å². The van der Waals surface area contributed by atoms with Gasteiger partial charge in [0.1, 0.15) is 5.60 Å². The monoisotopic (exact) mass is 535 g/mol. The highest BCUT2D eigenvalue weighted by molar-refractivity contribution is 5.93. The quantitative estimate of drug-likeness (QED) is 0.360. The molecule has 10 nitrogen and oxygen atoms in total. The topological polar surface area (TPSA) is 135 Å². The molecule has 0 aliphatic heterocycles. The molecule has 0 spiro atoms. The van der Waals surface area contributed by atoms with Crippen LogP contribution < -0.4 is 21.6 Å². The maximum Gasteiger partial charge on any atom is 0.412 e. The number of hydrogen-bond donors (Lipinski definition) is 3. The lowest BCUT2D eigenvalue weighted by Crippen LogP contribution is -2.39. The van der Waals surface area contributed by atoms with Crippen molar-refractivity contribution in [3.63, 3.8) is 0 Å². The van der Waals surface area contributed by atoms with E-state index in [1.54, 1.807) is 52.2 Å². The van der Waals surface area contributed by atoms with E-state index in [-0.39, 0.29) is 29.1 Å². The van der Waals surface area contributed by atoms with Crippen LogP contribution in [-0.2, 0) is 16.1 Å². The number of anilines is 2. The van der Waals surface area contributed by atoms with Gasteiger partial charge in [0.25, 0.3) is 6.01 Å². The smallest absolute Gasteiger partial charge is 0.412 e. The first-order valence-corrected chi connectivity index (χ1v) is 13.5. The number of amides is 2. The van der Waals surface area contributed by atoms with Gasteiger partial charge in [-0.05, 0) is 75.8 Å². The van der Waals surface area contributed by atoms with Crippen molar-refractivity contribution < 1.29 is 18.7 Å². The Labute approximate surface area is 227 Å². The minimum absolute atomic E-state index is 0.0462. The Hall–Kier alpha value is -3.95. The zero-order valence-electron chi connectivity index (χ0n) is 23.0. The van der Waals surface area contributed by atoms with Gasteiger partial charge in [-0.3, -0.25) is 15.1 Å². The Morgan fingerprint density at radius 1 is 1.15 bits per heavy atom. The second-order valence-corrected chi connectivity index (χ2v) is 11.0. The third kappa shape index (κ3) is 7.55. The summed E-state index contributed by atoms with van der Waals surface area (Å²) in [6.45, 7) is 7.73. The zero-order valence-corrected chi connectivity index (χ0v) is 23.0. The van der Waals surface area contributed by atoms with Crippen molar-refractivity contribution in [3.8, 4) is 0 Å². The average molecular weight is 536 g/mol. The second kappa shape index (κ2) is 12.3. The maximum absolute atomic E-state index is 13.2. The molecule has 4 rings (SSSR count). The summed E-state index contributed by atoms with van der Waals surface area (Å²) in [7, 11) is 0. The fraction of sp³-hybridized carbons (Fsp3) is 0.483. The van der Waals surface area contributed by atoms with E-state index in [4.69, 9.17) is 9.15 Å². The van der Waals surface area contributed by atoms with Crippen molar-refractivity contribution in [3.05, 3.63) is 58.2 Å². The summed E-state index contributed by atoms with van der Waals surface area (Å²) in [6, 6.07) is 7.14. The minimum atomic E-state index is -0.652. The summed E-state index contributed by atoms with van der Waals surface area (Å²) in [6.07, 6.45) is 8.15. The Kier molecular flexibility index (Phi) is 8.83. The number of nitrogens with zero attached hydrogens (tertiary/aromatic N) is 2. The summed E-state index contributed by atoms with van der Waals surface area (Å²) in [5.41, 5.74) is 1.09. The number of benzene rings is 1. The molecule has 2 heterocycles. The number of fused-ring (bicyclic) bond motifs is 1. The third-order valence-corrected chi connectivity index (χ3v) is 6.91. The standard InChI is InChI=1S/C29H37N5O5/c1-18-22(34-28(37)39-29(2,3)4)12-13-23-24(18)26(36)38-27(33-23)32-17-21(20-10-6-5-7-11-20)25(35)31-16-19-9-8-14-30-15-19/h8-9,12-15,20-21H,5-7,10-11,16-17H2,1-4H3,(H,31,35)(H,32,33)(H,34,37). The number of carbonyl (C=O) groups excluding carboxylic acids is 2. The molecule has 1 saturated carbocycles. The normalized spacial score (nSPS) is 15.0. The Bertz CT molecular complexity index is 1360. The minimum Gasteiger partial charge on any atom is -0.444 e. The predicted octanol–water partition coefficient (Wildman–Crippen LogP) is 5.16. The Morgan fingerprint density at radius 3 is 2.62 bits per heavy atom. The lowest BCUT2D eigenvalue weighted by molar-refractivity contribution is -0.126. The van der Waals surface area contributed by atoms with E-state index in [0.717, 1.165) is 31.2 Å². The summed E-state index contributed by atoms with van der Waals surface area (Å²) in [5, 5.41) is 9.10. The van der Waals surface area contributed by atoms with E-state index in [9.17, 15) is 14.4 Å². The first-order valence-electron chi connectivity index (χ1n) is 13.5. The molecule has 1 aliphatic rings. The second-order valence-electron chi connectivity index (χ2n) is 11.0. The van der Waals surface area contributed by atoms with Gasteiger partial charge < -0.3 is 19.8 Å². The highest BCUT2D eigenvalue weighted by Crippen LogP contribution is 2.31. The van der Waals surface area contributed by atoms with Crippen LogP contribution in [0.1, 0.15) is 64.0 Å². The van der Waals surface area contributed by atoms with Crippen molar-refractivity contribution in [1.29, 1.82) is 0 Å². The fourth-order valence-electron chi connectivity index (χ4n) is 4.97. The van der Waals surface area contributed by atoms with Crippen LogP contribution in [0.15, 0.2) is 45.9 Å². The van der Waals surface area contributed by atoms with Crippen LogP contribution in [0.2, 0.25) is 0 Å². The summed E-state index contributed by atoms with van der Waals surface area (Å²) >= 11 is 0. The van der Waals surface area contributed by atoms with Crippen LogP contribution in [0.25, 0.3) is 10.9 Å². The van der Waals surface area contributed by atoms with Gasteiger partial charge in [-0.2, -0.15) is 4.98 Å². The molecule has 39 heavy (non-hydrogen) atoms. The summed E-state index contributed by atoms with van der Waals surface area (Å²) < 4.78 is 10.8. The van der Waals surface area contributed by atoms with Crippen LogP contribution in [0.5, 0.6) is 0 Å². The van der Waals surface area contributed by atoms with E-state index in [2.05, 4.69) is 25.9 Å². The van der Waals surface area contributed by atoms with Gasteiger partial charge in [0.05, 0.1) is 16.8 Å². The molecule has 1 aliphatic carbocycles. The molecule has 0 radical (unpaired) electrons. The molecule has 1 atom stereocenters. The first kappa shape index (κ1) is 28.1. The SMILES string of the molecule is Cc1c(NC(=O)OC(C)(C)C)ccc2nc(NCC(C(=O)NCc3cccnc3)C3CCCCC3)oc(=O)c12. The molecular formula is C29H37N5O5. The number of pyridine rings is 1. The first-order chi connectivity index (χ1) is 18.6. The molecule has 10 heteroatoms. The highest BCUT2D eigenvalue weighted by atomic mass is 16.6. The largest absolute Gasteiger partial charge is 0.444 e. The van der Waals surface area contributed by atoms with Crippen LogP contribution in [0.4, 0.5) is 16.5 Å². The number of aromatic nitrogens is 2. The van der Waals surface area contributed by atoms with Crippen LogP contribution in [-0.4, -0.2) is 34.1 Å². The molecule has 2 aromatic heterocycles. The number of rotatable bonds is 8. The van der Waals surface area contributed by atoms with E-state index in [1.807, 2.05) is 12.1 Å². The van der Waals surface area contributed by atoms with E-state index < -0.39 is 17.3 Å². The van der Waals surface area contributed by atoms with E-state index in [0.29, 0.717) is 29.9 Å². The fourth-order valence-corrected chi connectivity index (χ4v) is 4.97. The zero-order chi connectivity index (χ0) is 28.0. The average Bonchev–Trinajstić information content (AvgIpc) is 2.89. The molecule has 208 valence electrons. The number of nitrogens with one attached hydrogen (secondary N) is 3. The molecular weight excluding hydrogens is 498 g/mol. The van der Waals surface area contributed by atoms with Gasteiger partial charge in [0.2, 0.25) is 5.91 Å². The summed E-state index contributed by atoms with van der Waals surface area (Å²) in [5.74, 6) is -0.113. The van der Waals surface area contributed by atoms with Gasteiger partial charge in [-0.25, -0.2) is 9.59 Å². The third-order valence-electron chi connectivity index (χ3n) is 6.91. The van der Waals surface area contributed by atoms with Crippen LogP contribution in [0, 0.1) is 18.8 Å². The molecule has 1 unspecified atom stereocenters. The van der Waals surface area contributed by atoms with E-state index in [1.165, 1.54) is 6.42 Å².